The van der Waals surface area contributed by atoms with E-state index in [1.165, 1.54) is 11.1 Å². The first-order chi connectivity index (χ1) is 8.11. The summed E-state index contributed by atoms with van der Waals surface area (Å²) in [5.74, 6) is 1.57. The zero-order valence-electron chi connectivity index (χ0n) is 11.0. The third-order valence-corrected chi connectivity index (χ3v) is 3.59. The highest BCUT2D eigenvalue weighted by molar-refractivity contribution is 5.48. The lowest BCUT2D eigenvalue weighted by atomic mass is 9.88. The van der Waals surface area contributed by atoms with Gasteiger partial charge in [0.25, 0.3) is 0 Å². The van der Waals surface area contributed by atoms with Crippen LogP contribution in [-0.4, -0.2) is 19.8 Å². The zero-order chi connectivity index (χ0) is 12.5. The lowest BCUT2D eigenvalue weighted by Crippen LogP contribution is -2.34. The van der Waals surface area contributed by atoms with Crippen molar-refractivity contribution in [3.8, 4) is 11.5 Å². The lowest BCUT2D eigenvalue weighted by Gasteiger charge is -2.34. The van der Waals surface area contributed by atoms with Crippen molar-refractivity contribution in [2.45, 2.75) is 38.9 Å². The molecule has 1 unspecified atom stereocenters. The maximum Gasteiger partial charge on any atom is 0.161 e. The van der Waals surface area contributed by atoms with Gasteiger partial charge in [-0.2, -0.15) is 0 Å². The van der Waals surface area contributed by atoms with E-state index >= 15 is 0 Å². The second kappa shape index (κ2) is 4.57. The van der Waals surface area contributed by atoms with Gasteiger partial charge in [-0.05, 0) is 36.6 Å². The summed E-state index contributed by atoms with van der Waals surface area (Å²) >= 11 is 0. The number of ether oxygens (including phenoxy) is 3. The van der Waals surface area contributed by atoms with Gasteiger partial charge in [0.15, 0.2) is 11.5 Å². The van der Waals surface area contributed by atoms with Crippen LogP contribution in [0.3, 0.4) is 0 Å². The number of methoxy groups -OCH3 is 2. The minimum Gasteiger partial charge on any atom is -0.493 e. The second-order valence-corrected chi connectivity index (χ2v) is 4.74. The van der Waals surface area contributed by atoms with Crippen molar-refractivity contribution in [1.29, 1.82) is 0 Å². The van der Waals surface area contributed by atoms with Crippen molar-refractivity contribution in [2.24, 2.45) is 0 Å². The molecule has 0 fully saturated rings. The molecule has 1 heterocycles. The second-order valence-electron chi connectivity index (χ2n) is 4.74. The molecule has 3 heteroatoms. The van der Waals surface area contributed by atoms with E-state index in [4.69, 9.17) is 14.2 Å². The first kappa shape index (κ1) is 12.2. The Bertz CT molecular complexity index is 414. The van der Waals surface area contributed by atoms with E-state index in [1.54, 1.807) is 14.2 Å². The van der Waals surface area contributed by atoms with Crippen molar-refractivity contribution in [3.05, 3.63) is 23.3 Å². The molecule has 0 saturated carbocycles. The first-order valence-corrected chi connectivity index (χ1v) is 5.99. The van der Waals surface area contributed by atoms with Crippen LogP contribution in [0.2, 0.25) is 0 Å². The van der Waals surface area contributed by atoms with Crippen LogP contribution in [0.1, 0.15) is 31.4 Å². The minimum atomic E-state index is -0.0490. The van der Waals surface area contributed by atoms with Gasteiger partial charge in [-0.3, -0.25) is 0 Å². The molecule has 0 aliphatic carbocycles. The molecule has 0 bridgehead atoms. The Morgan fingerprint density at radius 2 is 1.76 bits per heavy atom. The number of rotatable bonds is 3. The molecule has 2 rings (SSSR count). The largest absolute Gasteiger partial charge is 0.493 e. The van der Waals surface area contributed by atoms with Gasteiger partial charge in [0.05, 0.1) is 26.4 Å². The Labute approximate surface area is 103 Å². The van der Waals surface area contributed by atoms with Gasteiger partial charge in [0, 0.05) is 6.42 Å². The monoisotopic (exact) mass is 236 g/mol. The average molecular weight is 236 g/mol. The average Bonchev–Trinajstić information content (AvgIpc) is 2.37. The van der Waals surface area contributed by atoms with Crippen molar-refractivity contribution in [2.75, 3.05) is 14.2 Å². The van der Waals surface area contributed by atoms with Crippen LogP contribution in [0.5, 0.6) is 11.5 Å². The van der Waals surface area contributed by atoms with Crippen LogP contribution in [0, 0.1) is 0 Å². The van der Waals surface area contributed by atoms with E-state index in [-0.39, 0.29) is 5.60 Å². The third-order valence-electron chi connectivity index (χ3n) is 3.59. The highest BCUT2D eigenvalue weighted by Crippen LogP contribution is 2.37. The highest BCUT2D eigenvalue weighted by atomic mass is 16.5. The summed E-state index contributed by atoms with van der Waals surface area (Å²) in [6.07, 6.45) is 1.94. The smallest absolute Gasteiger partial charge is 0.161 e. The number of benzene rings is 1. The standard InChI is InChI=1S/C14H20O3/c1-5-14(2)8-10-6-12(15-3)13(16-4)7-11(10)9-17-14/h6-7H,5,8-9H2,1-4H3. The Hall–Kier alpha value is -1.22. The SMILES string of the molecule is CCC1(C)Cc2cc(OC)c(OC)cc2CO1. The van der Waals surface area contributed by atoms with Crippen molar-refractivity contribution < 1.29 is 14.2 Å². The van der Waals surface area contributed by atoms with Gasteiger partial charge in [-0.25, -0.2) is 0 Å². The normalized spacial score (nSPS) is 23.1. The van der Waals surface area contributed by atoms with Crippen molar-refractivity contribution in [3.63, 3.8) is 0 Å². The molecular formula is C14H20O3. The van der Waals surface area contributed by atoms with Crippen LogP contribution in [-0.2, 0) is 17.8 Å². The third kappa shape index (κ3) is 2.25. The molecule has 1 aromatic rings. The van der Waals surface area contributed by atoms with Crippen LogP contribution < -0.4 is 9.47 Å². The van der Waals surface area contributed by atoms with Crippen LogP contribution in [0.25, 0.3) is 0 Å². The number of fused-ring (bicyclic) bond motifs is 1. The number of hydrogen-bond acceptors (Lipinski definition) is 3. The molecule has 1 aliphatic rings. The van der Waals surface area contributed by atoms with E-state index in [2.05, 4.69) is 19.9 Å². The van der Waals surface area contributed by atoms with E-state index < -0.39 is 0 Å². The molecule has 0 radical (unpaired) electrons. The molecule has 1 atom stereocenters. The lowest BCUT2D eigenvalue weighted by molar-refractivity contribution is -0.0564. The molecule has 1 aromatic carbocycles. The Morgan fingerprint density at radius 3 is 2.29 bits per heavy atom. The van der Waals surface area contributed by atoms with Crippen LogP contribution in [0.15, 0.2) is 12.1 Å². The molecule has 0 aromatic heterocycles. The van der Waals surface area contributed by atoms with Gasteiger partial charge in [-0.1, -0.05) is 6.92 Å². The topological polar surface area (TPSA) is 27.7 Å². The number of hydrogen-bond donors (Lipinski definition) is 0. The predicted octanol–water partition coefficient (Wildman–Crippen LogP) is 2.95. The fraction of sp³-hybridized carbons (Fsp3) is 0.571. The molecular weight excluding hydrogens is 216 g/mol. The minimum absolute atomic E-state index is 0.0490. The summed E-state index contributed by atoms with van der Waals surface area (Å²) in [5.41, 5.74) is 2.46. The molecule has 94 valence electrons. The maximum absolute atomic E-state index is 5.92. The predicted molar refractivity (Wildman–Crippen MR) is 66.7 cm³/mol. The van der Waals surface area contributed by atoms with Gasteiger partial charge in [0.2, 0.25) is 0 Å². The van der Waals surface area contributed by atoms with E-state index in [1.807, 2.05) is 6.07 Å². The summed E-state index contributed by atoms with van der Waals surface area (Å²) in [4.78, 5) is 0. The van der Waals surface area contributed by atoms with Gasteiger partial charge in [0.1, 0.15) is 0 Å². The first-order valence-electron chi connectivity index (χ1n) is 5.99. The van der Waals surface area contributed by atoms with E-state index in [0.29, 0.717) is 6.61 Å². The molecule has 3 nitrogen and oxygen atoms in total. The molecule has 0 amide bonds. The summed E-state index contributed by atoms with van der Waals surface area (Å²) in [6.45, 7) is 4.97. The maximum atomic E-state index is 5.92. The van der Waals surface area contributed by atoms with Gasteiger partial charge in [-0.15, -0.1) is 0 Å². The highest BCUT2D eigenvalue weighted by Gasteiger charge is 2.30. The zero-order valence-corrected chi connectivity index (χ0v) is 11.0. The van der Waals surface area contributed by atoms with E-state index in [0.717, 1.165) is 24.3 Å². The van der Waals surface area contributed by atoms with Crippen LogP contribution in [0.4, 0.5) is 0 Å². The molecule has 0 N–H and O–H groups in total. The summed E-state index contributed by atoms with van der Waals surface area (Å²) in [5, 5.41) is 0. The summed E-state index contributed by atoms with van der Waals surface area (Å²) < 4.78 is 16.6. The Morgan fingerprint density at radius 1 is 1.18 bits per heavy atom. The van der Waals surface area contributed by atoms with E-state index in [9.17, 15) is 0 Å². The molecule has 17 heavy (non-hydrogen) atoms. The Balaban J connectivity index is 2.38. The quantitative estimate of drug-likeness (QED) is 0.807. The summed E-state index contributed by atoms with van der Waals surface area (Å²) in [6, 6.07) is 4.09. The van der Waals surface area contributed by atoms with Gasteiger partial charge < -0.3 is 14.2 Å². The fourth-order valence-electron chi connectivity index (χ4n) is 2.20. The fourth-order valence-corrected chi connectivity index (χ4v) is 2.20. The summed E-state index contributed by atoms with van der Waals surface area (Å²) in [7, 11) is 3.33. The van der Waals surface area contributed by atoms with Crippen molar-refractivity contribution >= 4 is 0 Å². The van der Waals surface area contributed by atoms with Crippen molar-refractivity contribution in [1.82, 2.24) is 0 Å². The van der Waals surface area contributed by atoms with Gasteiger partial charge >= 0.3 is 0 Å². The van der Waals surface area contributed by atoms with Crippen LogP contribution >= 0.6 is 0 Å². The molecule has 0 spiro atoms. The Kier molecular flexibility index (Phi) is 3.29. The molecule has 0 saturated heterocycles. The molecule has 1 aliphatic heterocycles.